The number of nitrogens with zero attached hydrogens (tertiary/aromatic N) is 3. The minimum Gasteiger partial charge on any atom is -0.392 e. The summed E-state index contributed by atoms with van der Waals surface area (Å²) in [5.41, 5.74) is -0.0651. The quantitative estimate of drug-likeness (QED) is 0.605. The van der Waals surface area contributed by atoms with E-state index in [4.69, 9.17) is 0 Å². The fourth-order valence-electron chi connectivity index (χ4n) is 6.06. The summed E-state index contributed by atoms with van der Waals surface area (Å²) >= 11 is 0. The number of hydrogen-bond acceptors (Lipinski definition) is 5. The molecule has 4 rings (SSSR count). The third-order valence-corrected chi connectivity index (χ3v) is 8.56. The van der Waals surface area contributed by atoms with Crippen molar-refractivity contribution < 1.29 is 15.0 Å². The second kappa shape index (κ2) is 10.9. The van der Waals surface area contributed by atoms with Crippen LogP contribution in [0.1, 0.15) is 71.3 Å². The number of hydrogen-bond donors (Lipinski definition) is 2. The minimum atomic E-state index is -1.15. The zero-order valence-electron chi connectivity index (χ0n) is 21.9. The molecule has 1 saturated heterocycles. The highest BCUT2D eigenvalue weighted by molar-refractivity contribution is 5.78. The molecule has 2 atom stereocenters. The molecule has 1 unspecified atom stereocenters. The van der Waals surface area contributed by atoms with Gasteiger partial charge in [-0.2, -0.15) is 0 Å². The van der Waals surface area contributed by atoms with E-state index in [1.807, 2.05) is 43.9 Å². The predicted octanol–water partition coefficient (Wildman–Crippen LogP) is 4.00. The third-order valence-electron chi connectivity index (χ3n) is 8.56. The van der Waals surface area contributed by atoms with Crippen LogP contribution in [0.15, 0.2) is 41.5 Å². The molecule has 0 spiro atoms. The van der Waals surface area contributed by atoms with E-state index in [0.717, 1.165) is 12.0 Å². The first-order chi connectivity index (χ1) is 17.1. The molecule has 1 aliphatic carbocycles. The Balaban J connectivity index is 1.44. The number of aromatic nitrogens is 2. The number of benzene rings is 1. The lowest BCUT2D eigenvalue weighted by Crippen LogP contribution is -2.61. The maximum Gasteiger partial charge on any atom is 0.253 e. The van der Waals surface area contributed by atoms with Crippen LogP contribution >= 0.6 is 0 Å². The van der Waals surface area contributed by atoms with Crippen LogP contribution in [0.3, 0.4) is 0 Å². The molecule has 2 fully saturated rings. The highest BCUT2D eigenvalue weighted by atomic mass is 16.3. The van der Waals surface area contributed by atoms with E-state index in [1.165, 1.54) is 49.1 Å². The molecule has 2 N–H and O–H groups in total. The van der Waals surface area contributed by atoms with Gasteiger partial charge in [-0.1, -0.05) is 77.1 Å². The van der Waals surface area contributed by atoms with Crippen molar-refractivity contribution in [3.05, 3.63) is 52.6 Å². The zero-order chi connectivity index (χ0) is 25.9. The Morgan fingerprint density at radius 1 is 1.19 bits per heavy atom. The second-order valence-corrected chi connectivity index (χ2v) is 11.6. The fraction of sp³-hybridized carbons (Fsp3) is 0.621. The van der Waals surface area contributed by atoms with Crippen LogP contribution < -0.4 is 5.56 Å². The van der Waals surface area contributed by atoms with Gasteiger partial charge < -0.3 is 15.1 Å². The van der Waals surface area contributed by atoms with Crippen molar-refractivity contribution in [1.29, 1.82) is 0 Å². The van der Waals surface area contributed by atoms with E-state index in [2.05, 4.69) is 4.98 Å². The third kappa shape index (κ3) is 5.57. The lowest BCUT2D eigenvalue weighted by Gasteiger charge is -2.50. The zero-order valence-corrected chi connectivity index (χ0v) is 21.9. The maximum absolute atomic E-state index is 13.3. The summed E-state index contributed by atoms with van der Waals surface area (Å²) in [4.78, 5) is 32.6. The van der Waals surface area contributed by atoms with Crippen LogP contribution in [0.5, 0.6) is 0 Å². The van der Waals surface area contributed by atoms with Gasteiger partial charge in [-0.15, -0.1) is 0 Å². The topological polar surface area (TPSA) is 95.7 Å². The fourth-order valence-corrected chi connectivity index (χ4v) is 6.06. The van der Waals surface area contributed by atoms with E-state index < -0.39 is 11.0 Å². The molecule has 196 valence electrons. The Morgan fingerprint density at radius 3 is 2.58 bits per heavy atom. The van der Waals surface area contributed by atoms with E-state index in [0.29, 0.717) is 36.7 Å². The van der Waals surface area contributed by atoms with Crippen molar-refractivity contribution in [2.75, 3.05) is 13.1 Å². The lowest BCUT2D eigenvalue weighted by molar-refractivity contribution is -0.157. The largest absolute Gasteiger partial charge is 0.392 e. The van der Waals surface area contributed by atoms with Gasteiger partial charge in [-0.05, 0) is 24.3 Å². The normalized spacial score (nSPS) is 23.4. The van der Waals surface area contributed by atoms with Crippen molar-refractivity contribution in [3.8, 4) is 11.3 Å². The lowest BCUT2D eigenvalue weighted by atomic mass is 9.69. The highest BCUT2D eigenvalue weighted by Crippen LogP contribution is 2.40. The van der Waals surface area contributed by atoms with Crippen molar-refractivity contribution >= 4 is 5.91 Å². The van der Waals surface area contributed by atoms with Gasteiger partial charge in [-0.25, -0.2) is 4.98 Å². The van der Waals surface area contributed by atoms with Gasteiger partial charge >= 0.3 is 0 Å². The van der Waals surface area contributed by atoms with E-state index in [9.17, 15) is 19.8 Å². The number of aliphatic hydroxyl groups excluding tert-OH is 1. The maximum atomic E-state index is 13.3. The second-order valence-electron chi connectivity index (χ2n) is 11.6. The molecule has 7 heteroatoms. The summed E-state index contributed by atoms with van der Waals surface area (Å²) in [6.07, 6.45) is 9.16. The molecule has 2 aliphatic rings. The van der Waals surface area contributed by atoms with Crippen LogP contribution in [0, 0.1) is 17.3 Å². The number of likely N-dealkylation sites (tertiary alicyclic amines) is 1. The minimum absolute atomic E-state index is 0.00347. The SMILES string of the molecule is C[C@H](CC1CCCCC1)C(=O)N1CCC(O)(Cn2cnc(-c3ccccc3CO)cc2=O)C(C)(C)C1. The summed E-state index contributed by atoms with van der Waals surface area (Å²) in [6, 6.07) is 8.77. The summed E-state index contributed by atoms with van der Waals surface area (Å²) < 4.78 is 1.45. The van der Waals surface area contributed by atoms with Crippen LogP contribution in [-0.4, -0.2) is 49.3 Å². The molecule has 1 aliphatic heterocycles. The van der Waals surface area contributed by atoms with Gasteiger partial charge in [0.1, 0.15) is 0 Å². The van der Waals surface area contributed by atoms with Crippen molar-refractivity contribution in [2.24, 2.45) is 17.3 Å². The molecule has 2 aromatic rings. The smallest absolute Gasteiger partial charge is 0.253 e. The van der Waals surface area contributed by atoms with E-state index in [1.54, 1.807) is 6.07 Å². The number of carbonyl (C=O) groups excluding carboxylic acids is 1. The Labute approximate surface area is 214 Å². The first kappa shape index (κ1) is 26.6. The van der Waals surface area contributed by atoms with Gasteiger partial charge in [0, 0.05) is 36.1 Å². The molecule has 0 radical (unpaired) electrons. The number of piperidine rings is 1. The summed E-state index contributed by atoms with van der Waals surface area (Å²) in [5, 5.41) is 21.3. The van der Waals surface area contributed by atoms with E-state index >= 15 is 0 Å². The van der Waals surface area contributed by atoms with Crippen molar-refractivity contribution in [3.63, 3.8) is 0 Å². The average molecular weight is 496 g/mol. The van der Waals surface area contributed by atoms with Gasteiger partial charge in [0.25, 0.3) is 5.56 Å². The molecule has 0 bridgehead atoms. The van der Waals surface area contributed by atoms with Crippen LogP contribution in [0.2, 0.25) is 0 Å². The molecule has 1 aromatic heterocycles. The number of rotatable bonds is 7. The van der Waals surface area contributed by atoms with Crippen LogP contribution in [0.25, 0.3) is 11.3 Å². The summed E-state index contributed by atoms with van der Waals surface area (Å²) in [6.45, 7) is 6.92. The monoisotopic (exact) mass is 495 g/mol. The van der Waals surface area contributed by atoms with Gasteiger partial charge in [0.15, 0.2) is 0 Å². The van der Waals surface area contributed by atoms with Gasteiger partial charge in [0.05, 0.1) is 30.8 Å². The number of carbonyl (C=O) groups is 1. The first-order valence-electron chi connectivity index (χ1n) is 13.4. The number of aliphatic hydroxyl groups is 2. The number of amides is 1. The summed E-state index contributed by atoms with van der Waals surface area (Å²) in [5.74, 6) is 0.830. The van der Waals surface area contributed by atoms with E-state index in [-0.39, 0.29) is 30.5 Å². The van der Waals surface area contributed by atoms with Gasteiger partial charge in [-0.3, -0.25) is 14.2 Å². The van der Waals surface area contributed by atoms with Crippen molar-refractivity contribution in [2.45, 2.75) is 84.5 Å². The molecule has 1 amide bonds. The molecule has 7 nitrogen and oxygen atoms in total. The van der Waals surface area contributed by atoms with Crippen molar-refractivity contribution in [1.82, 2.24) is 14.5 Å². The first-order valence-corrected chi connectivity index (χ1v) is 13.4. The molecule has 2 heterocycles. The average Bonchev–Trinajstić information content (AvgIpc) is 2.87. The Kier molecular flexibility index (Phi) is 8.00. The van der Waals surface area contributed by atoms with Crippen LogP contribution in [-0.2, 0) is 17.9 Å². The predicted molar refractivity (Wildman–Crippen MR) is 140 cm³/mol. The summed E-state index contributed by atoms with van der Waals surface area (Å²) in [7, 11) is 0. The Morgan fingerprint density at radius 2 is 1.92 bits per heavy atom. The highest BCUT2D eigenvalue weighted by Gasteiger charge is 2.49. The standard InChI is InChI=1S/C29H41N3O4/c1-21(15-22-9-5-4-6-10-22)27(35)31-14-13-29(36,28(2,3)18-31)19-32-20-30-25(16-26(32)34)24-12-8-7-11-23(24)17-33/h7-8,11-12,16,20-22,33,36H,4-6,9-10,13-15,17-19H2,1-3H3/t21-,29?/m1/s1. The van der Waals surface area contributed by atoms with Gasteiger partial charge in [0.2, 0.25) is 5.91 Å². The Bertz CT molecular complexity index is 1120. The van der Waals surface area contributed by atoms with Crippen LogP contribution in [0.4, 0.5) is 0 Å². The molecule has 1 aromatic carbocycles. The molecular weight excluding hydrogens is 454 g/mol. The molecule has 36 heavy (non-hydrogen) atoms. The molecule has 1 saturated carbocycles. The Hall–Kier alpha value is -2.51. The molecular formula is C29H41N3O4.